The van der Waals surface area contributed by atoms with Crippen molar-refractivity contribution in [1.29, 1.82) is 0 Å². The van der Waals surface area contributed by atoms with Crippen LogP contribution in [0.4, 0.5) is 0 Å². The third-order valence-electron chi connectivity index (χ3n) is 3.84. The number of carbonyl (C=O) groups excluding carboxylic acids is 2. The van der Waals surface area contributed by atoms with Crippen LogP contribution in [-0.4, -0.2) is 24.9 Å². The van der Waals surface area contributed by atoms with Gasteiger partial charge in [0.1, 0.15) is 0 Å². The van der Waals surface area contributed by atoms with Gasteiger partial charge in [0, 0.05) is 13.1 Å². The first-order valence-corrected chi connectivity index (χ1v) is 8.27. The van der Waals surface area contributed by atoms with E-state index in [1.54, 1.807) is 0 Å². The summed E-state index contributed by atoms with van der Waals surface area (Å²) in [6, 6.07) is 9.89. The molecular weight excluding hydrogens is 276 g/mol. The van der Waals surface area contributed by atoms with Gasteiger partial charge in [0.05, 0.1) is 0 Å². The molecule has 0 heterocycles. The fourth-order valence-electron chi connectivity index (χ4n) is 2.31. The van der Waals surface area contributed by atoms with Crippen LogP contribution in [0.25, 0.3) is 0 Å². The smallest absolute Gasteiger partial charge is 0.309 e. The topological polar surface area (TPSA) is 58.2 Å². The highest BCUT2D eigenvalue weighted by molar-refractivity contribution is 6.35. The Balaban J connectivity index is 2.22. The lowest BCUT2D eigenvalue weighted by atomic mass is 9.99. The number of hydrogen-bond donors (Lipinski definition) is 2. The monoisotopic (exact) mass is 304 g/mol. The highest BCUT2D eigenvalue weighted by atomic mass is 16.2. The van der Waals surface area contributed by atoms with Crippen molar-refractivity contribution in [1.82, 2.24) is 10.6 Å². The van der Waals surface area contributed by atoms with Gasteiger partial charge in [0.2, 0.25) is 0 Å². The molecule has 122 valence electrons. The van der Waals surface area contributed by atoms with E-state index >= 15 is 0 Å². The lowest BCUT2D eigenvalue weighted by molar-refractivity contribution is -0.139. The standard InChI is InChI=1S/C18H28N2O2/c1-3-5-9-15(4-2)14-20-18(22)17(21)19-13-12-16-10-7-6-8-11-16/h6-8,10-11,15H,3-5,9,12-14H2,1-2H3,(H,19,21)(H,20,22)/t15-/m0/s1. The summed E-state index contributed by atoms with van der Waals surface area (Å²) in [4.78, 5) is 23.5. The molecule has 4 heteroatoms. The minimum Gasteiger partial charge on any atom is -0.348 e. The second-order valence-corrected chi connectivity index (χ2v) is 5.62. The molecule has 0 aliphatic carbocycles. The van der Waals surface area contributed by atoms with E-state index in [1.165, 1.54) is 0 Å². The molecule has 1 rings (SSSR count). The molecule has 0 saturated heterocycles. The molecule has 1 aromatic rings. The molecule has 0 unspecified atom stereocenters. The van der Waals surface area contributed by atoms with E-state index in [1.807, 2.05) is 30.3 Å². The maximum Gasteiger partial charge on any atom is 0.309 e. The summed E-state index contributed by atoms with van der Waals surface area (Å²) >= 11 is 0. The Bertz CT molecular complexity index is 446. The average Bonchev–Trinajstić information content (AvgIpc) is 2.55. The Labute approximate surface area is 133 Å². The molecule has 1 atom stereocenters. The number of amides is 2. The van der Waals surface area contributed by atoms with E-state index < -0.39 is 11.8 Å². The fourth-order valence-corrected chi connectivity index (χ4v) is 2.31. The normalized spacial score (nSPS) is 11.7. The van der Waals surface area contributed by atoms with Crippen LogP contribution in [0.3, 0.4) is 0 Å². The molecule has 0 radical (unpaired) electrons. The molecule has 1 aromatic carbocycles. The first kappa shape index (κ1) is 18.2. The lowest BCUT2D eigenvalue weighted by Gasteiger charge is -2.15. The lowest BCUT2D eigenvalue weighted by Crippen LogP contribution is -2.42. The van der Waals surface area contributed by atoms with Crippen molar-refractivity contribution in [2.75, 3.05) is 13.1 Å². The van der Waals surface area contributed by atoms with E-state index in [0.717, 1.165) is 37.7 Å². The van der Waals surface area contributed by atoms with Gasteiger partial charge in [0.15, 0.2) is 0 Å². The Hall–Kier alpha value is -1.84. The quantitative estimate of drug-likeness (QED) is 0.689. The number of hydrogen-bond acceptors (Lipinski definition) is 2. The van der Waals surface area contributed by atoms with Crippen molar-refractivity contribution in [3.63, 3.8) is 0 Å². The molecule has 0 aliphatic heterocycles. The molecule has 0 aromatic heterocycles. The van der Waals surface area contributed by atoms with Crippen LogP contribution >= 0.6 is 0 Å². The zero-order valence-corrected chi connectivity index (χ0v) is 13.7. The van der Waals surface area contributed by atoms with Gasteiger partial charge in [-0.15, -0.1) is 0 Å². The molecule has 0 saturated carbocycles. The Morgan fingerprint density at radius 3 is 2.36 bits per heavy atom. The summed E-state index contributed by atoms with van der Waals surface area (Å²) < 4.78 is 0. The first-order valence-electron chi connectivity index (χ1n) is 8.27. The van der Waals surface area contributed by atoms with E-state index in [2.05, 4.69) is 24.5 Å². The van der Waals surface area contributed by atoms with Gasteiger partial charge in [-0.2, -0.15) is 0 Å². The second-order valence-electron chi connectivity index (χ2n) is 5.62. The molecule has 2 amide bonds. The summed E-state index contributed by atoms with van der Waals surface area (Å²) in [6.07, 6.45) is 5.18. The van der Waals surface area contributed by atoms with E-state index in [9.17, 15) is 9.59 Å². The molecule has 0 bridgehead atoms. The molecular formula is C18H28N2O2. The number of nitrogens with one attached hydrogen (secondary N) is 2. The number of benzene rings is 1. The SMILES string of the molecule is CCCC[C@H](CC)CNC(=O)C(=O)NCCc1ccccc1. The van der Waals surface area contributed by atoms with Crippen molar-refractivity contribution < 1.29 is 9.59 Å². The zero-order valence-electron chi connectivity index (χ0n) is 13.7. The number of rotatable bonds is 9. The van der Waals surface area contributed by atoms with Gasteiger partial charge in [-0.25, -0.2) is 0 Å². The van der Waals surface area contributed by atoms with Gasteiger partial charge >= 0.3 is 11.8 Å². The van der Waals surface area contributed by atoms with Gasteiger partial charge in [-0.05, 0) is 24.3 Å². The predicted molar refractivity (Wildman–Crippen MR) is 89.5 cm³/mol. The molecule has 0 spiro atoms. The van der Waals surface area contributed by atoms with Crippen molar-refractivity contribution in [2.24, 2.45) is 5.92 Å². The van der Waals surface area contributed by atoms with Crippen LogP contribution < -0.4 is 10.6 Å². The van der Waals surface area contributed by atoms with Crippen LogP contribution in [0, 0.1) is 5.92 Å². The van der Waals surface area contributed by atoms with Crippen molar-refractivity contribution in [2.45, 2.75) is 46.0 Å². The highest BCUT2D eigenvalue weighted by Crippen LogP contribution is 2.10. The van der Waals surface area contributed by atoms with Gasteiger partial charge in [-0.1, -0.05) is 63.4 Å². The van der Waals surface area contributed by atoms with Crippen molar-refractivity contribution in [3.05, 3.63) is 35.9 Å². The van der Waals surface area contributed by atoms with Gasteiger partial charge in [0.25, 0.3) is 0 Å². The maximum absolute atomic E-state index is 11.8. The Morgan fingerprint density at radius 1 is 1.05 bits per heavy atom. The molecule has 4 nitrogen and oxygen atoms in total. The maximum atomic E-state index is 11.8. The molecule has 2 N–H and O–H groups in total. The summed E-state index contributed by atoms with van der Waals surface area (Å²) in [5.74, 6) is -0.606. The second kappa shape index (κ2) is 10.8. The third kappa shape index (κ3) is 7.25. The van der Waals surface area contributed by atoms with Crippen molar-refractivity contribution >= 4 is 11.8 Å². The summed E-state index contributed by atoms with van der Waals surface area (Å²) in [5, 5.41) is 5.40. The minimum absolute atomic E-state index is 0.459. The van der Waals surface area contributed by atoms with Crippen LogP contribution in [0.1, 0.15) is 45.1 Å². The van der Waals surface area contributed by atoms with E-state index in [4.69, 9.17) is 0 Å². The predicted octanol–water partition coefficient (Wildman–Crippen LogP) is 2.68. The van der Waals surface area contributed by atoms with Crippen LogP contribution in [-0.2, 0) is 16.0 Å². The number of unbranched alkanes of at least 4 members (excludes halogenated alkanes) is 1. The largest absolute Gasteiger partial charge is 0.348 e. The molecule has 0 fully saturated rings. The molecule has 0 aliphatic rings. The van der Waals surface area contributed by atoms with Gasteiger partial charge < -0.3 is 10.6 Å². The van der Waals surface area contributed by atoms with E-state index in [-0.39, 0.29) is 0 Å². The summed E-state index contributed by atoms with van der Waals surface area (Å²) in [5.41, 5.74) is 1.15. The Morgan fingerprint density at radius 2 is 1.73 bits per heavy atom. The van der Waals surface area contributed by atoms with Gasteiger partial charge in [-0.3, -0.25) is 9.59 Å². The first-order chi connectivity index (χ1) is 10.7. The van der Waals surface area contributed by atoms with Crippen LogP contribution in [0.15, 0.2) is 30.3 Å². The summed E-state index contributed by atoms with van der Waals surface area (Å²) in [6.45, 7) is 5.34. The average molecular weight is 304 g/mol. The fraction of sp³-hybridized carbons (Fsp3) is 0.556. The zero-order chi connectivity index (χ0) is 16.2. The third-order valence-corrected chi connectivity index (χ3v) is 3.84. The minimum atomic E-state index is -0.540. The van der Waals surface area contributed by atoms with Crippen LogP contribution in [0.2, 0.25) is 0 Å². The summed E-state index contributed by atoms with van der Waals surface area (Å²) in [7, 11) is 0. The van der Waals surface area contributed by atoms with E-state index in [0.29, 0.717) is 19.0 Å². The van der Waals surface area contributed by atoms with Crippen molar-refractivity contribution in [3.8, 4) is 0 Å². The van der Waals surface area contributed by atoms with Crippen LogP contribution in [0.5, 0.6) is 0 Å². The molecule has 22 heavy (non-hydrogen) atoms. The Kier molecular flexibility index (Phi) is 8.96. The highest BCUT2D eigenvalue weighted by Gasteiger charge is 2.14. The number of carbonyl (C=O) groups is 2.